The third kappa shape index (κ3) is 2.43. The van der Waals surface area contributed by atoms with Gasteiger partial charge in [0.1, 0.15) is 5.69 Å². The molecule has 0 amide bonds. The maximum atomic E-state index is 5.82. The molecule has 2 rings (SSSR count). The van der Waals surface area contributed by atoms with Crippen LogP contribution in [0.25, 0.3) is 11.5 Å². The fourth-order valence-electron chi connectivity index (χ4n) is 1.59. The van der Waals surface area contributed by atoms with E-state index in [1.807, 2.05) is 13.8 Å². The monoisotopic (exact) mass is 245 g/mol. The topological polar surface area (TPSA) is 86.8 Å². The lowest BCUT2D eigenvalue weighted by molar-refractivity contribution is 0.392. The normalized spacial score (nSPS) is 12.2. The summed E-state index contributed by atoms with van der Waals surface area (Å²) in [5, 5.41) is 7.89. The number of nitrogens with two attached hydrogens (primary N) is 1. The summed E-state index contributed by atoms with van der Waals surface area (Å²) in [4.78, 5) is 8.64. The first-order valence-corrected chi connectivity index (χ1v) is 5.59. The van der Waals surface area contributed by atoms with Crippen LogP contribution in [0.3, 0.4) is 0 Å². The molecule has 2 N–H and O–H groups in total. The van der Waals surface area contributed by atoms with Crippen molar-refractivity contribution in [2.45, 2.75) is 19.9 Å². The quantitative estimate of drug-likeness (QED) is 0.876. The predicted octanol–water partition coefficient (Wildman–Crippen LogP) is 1.27. The van der Waals surface area contributed by atoms with Crippen LogP contribution in [-0.4, -0.2) is 27.3 Å². The van der Waals surface area contributed by atoms with Gasteiger partial charge >= 0.3 is 0 Å². The van der Waals surface area contributed by atoms with E-state index in [1.54, 1.807) is 25.4 Å². The zero-order valence-corrected chi connectivity index (χ0v) is 10.6. The van der Waals surface area contributed by atoms with Crippen molar-refractivity contribution in [3.63, 3.8) is 0 Å². The van der Waals surface area contributed by atoms with E-state index in [0.717, 1.165) is 11.3 Å². The smallest absolute Gasteiger partial charge is 0.233 e. The van der Waals surface area contributed by atoms with Crippen LogP contribution in [0.1, 0.15) is 24.2 Å². The Bertz CT molecular complexity index is 539. The van der Waals surface area contributed by atoms with E-state index in [0.29, 0.717) is 17.4 Å². The molecule has 0 aromatic carbocycles. The number of nitrogens with zero attached hydrogens (tertiary/aromatic N) is 4. The lowest BCUT2D eigenvalue weighted by atomic mass is 10.1. The van der Waals surface area contributed by atoms with Gasteiger partial charge in [0, 0.05) is 29.6 Å². The van der Waals surface area contributed by atoms with Gasteiger partial charge in [-0.2, -0.15) is 0 Å². The molecule has 1 atom stereocenters. The van der Waals surface area contributed by atoms with Gasteiger partial charge in [-0.1, -0.05) is 0 Å². The zero-order chi connectivity index (χ0) is 13.1. The van der Waals surface area contributed by atoms with E-state index < -0.39 is 0 Å². The molecule has 0 aliphatic heterocycles. The molecule has 2 aromatic heterocycles. The lowest BCUT2D eigenvalue weighted by Gasteiger charge is -2.09. The number of methoxy groups -OCH3 is 1. The third-order valence-electron chi connectivity index (χ3n) is 2.59. The highest BCUT2D eigenvalue weighted by Crippen LogP contribution is 2.17. The number of aromatic nitrogens is 4. The van der Waals surface area contributed by atoms with Gasteiger partial charge in [-0.05, 0) is 19.9 Å². The fraction of sp³-hybridized carbons (Fsp3) is 0.333. The number of hydrogen-bond donors (Lipinski definition) is 1. The number of hydrogen-bond acceptors (Lipinski definition) is 6. The lowest BCUT2D eigenvalue weighted by Crippen LogP contribution is -2.09. The Labute approximate surface area is 105 Å². The standard InChI is InChI=1S/C12H15N5O/c1-7(13)9-6-14-12(15-8(9)2)10-4-5-11(18-3)17-16-10/h4-7H,13H2,1-3H3. The average Bonchev–Trinajstić information content (AvgIpc) is 2.38. The Balaban J connectivity index is 2.36. The van der Waals surface area contributed by atoms with E-state index in [9.17, 15) is 0 Å². The summed E-state index contributed by atoms with van der Waals surface area (Å²) in [6.45, 7) is 3.80. The van der Waals surface area contributed by atoms with E-state index in [2.05, 4.69) is 20.2 Å². The van der Waals surface area contributed by atoms with Crippen molar-refractivity contribution < 1.29 is 4.74 Å². The van der Waals surface area contributed by atoms with Crippen molar-refractivity contribution >= 4 is 0 Å². The van der Waals surface area contributed by atoms with Crippen LogP contribution in [0.4, 0.5) is 0 Å². The van der Waals surface area contributed by atoms with E-state index in [1.165, 1.54) is 0 Å². The van der Waals surface area contributed by atoms with E-state index >= 15 is 0 Å². The highest BCUT2D eigenvalue weighted by molar-refractivity contribution is 5.49. The largest absolute Gasteiger partial charge is 0.480 e. The molecular weight excluding hydrogens is 230 g/mol. The molecule has 18 heavy (non-hydrogen) atoms. The van der Waals surface area contributed by atoms with Gasteiger partial charge in [-0.25, -0.2) is 9.97 Å². The van der Waals surface area contributed by atoms with Gasteiger partial charge in [0.15, 0.2) is 5.82 Å². The van der Waals surface area contributed by atoms with Crippen molar-refractivity contribution in [3.05, 3.63) is 29.6 Å². The Morgan fingerprint density at radius 3 is 2.56 bits per heavy atom. The molecule has 0 saturated carbocycles. The second-order valence-electron chi connectivity index (χ2n) is 3.98. The number of ether oxygens (including phenoxy) is 1. The third-order valence-corrected chi connectivity index (χ3v) is 2.59. The van der Waals surface area contributed by atoms with Gasteiger partial charge in [0.25, 0.3) is 0 Å². The molecule has 0 spiro atoms. The number of aryl methyl sites for hydroxylation is 1. The first-order valence-electron chi connectivity index (χ1n) is 5.59. The first-order chi connectivity index (χ1) is 8.61. The molecule has 2 aromatic rings. The summed E-state index contributed by atoms with van der Waals surface area (Å²) in [5.74, 6) is 0.995. The highest BCUT2D eigenvalue weighted by atomic mass is 16.5. The SMILES string of the molecule is COc1ccc(-c2ncc(C(C)N)c(C)n2)nn1. The van der Waals surface area contributed by atoms with Gasteiger partial charge in [-0.15, -0.1) is 10.2 Å². The Kier molecular flexibility index (Phi) is 3.47. The molecule has 0 bridgehead atoms. The second-order valence-corrected chi connectivity index (χ2v) is 3.98. The van der Waals surface area contributed by atoms with Crippen LogP contribution in [0.5, 0.6) is 5.88 Å². The van der Waals surface area contributed by atoms with Crippen molar-refractivity contribution in [1.29, 1.82) is 0 Å². The Hall–Kier alpha value is -2.08. The summed E-state index contributed by atoms with van der Waals surface area (Å²) >= 11 is 0. The molecule has 0 saturated heterocycles. The van der Waals surface area contributed by atoms with Crippen molar-refractivity contribution in [2.75, 3.05) is 7.11 Å². The Morgan fingerprint density at radius 2 is 2.06 bits per heavy atom. The zero-order valence-electron chi connectivity index (χ0n) is 10.6. The van der Waals surface area contributed by atoms with Gasteiger partial charge in [0.2, 0.25) is 5.88 Å². The van der Waals surface area contributed by atoms with Gasteiger partial charge in [0.05, 0.1) is 7.11 Å². The van der Waals surface area contributed by atoms with Gasteiger partial charge < -0.3 is 10.5 Å². The molecule has 0 aliphatic carbocycles. The first kappa shape index (κ1) is 12.4. The van der Waals surface area contributed by atoms with Crippen molar-refractivity contribution in [2.24, 2.45) is 5.73 Å². The minimum Gasteiger partial charge on any atom is -0.480 e. The minimum absolute atomic E-state index is 0.0824. The van der Waals surface area contributed by atoms with Crippen LogP contribution in [0.2, 0.25) is 0 Å². The Morgan fingerprint density at radius 1 is 1.28 bits per heavy atom. The maximum absolute atomic E-state index is 5.82. The van der Waals surface area contributed by atoms with Crippen LogP contribution in [0, 0.1) is 6.92 Å². The average molecular weight is 245 g/mol. The molecule has 6 nitrogen and oxygen atoms in total. The molecular formula is C12H15N5O. The maximum Gasteiger partial charge on any atom is 0.233 e. The van der Waals surface area contributed by atoms with Crippen LogP contribution < -0.4 is 10.5 Å². The summed E-state index contributed by atoms with van der Waals surface area (Å²) in [6.07, 6.45) is 1.73. The summed E-state index contributed by atoms with van der Waals surface area (Å²) < 4.78 is 4.95. The van der Waals surface area contributed by atoms with Crippen LogP contribution in [-0.2, 0) is 0 Å². The molecule has 1 unspecified atom stereocenters. The second kappa shape index (κ2) is 5.05. The highest BCUT2D eigenvalue weighted by Gasteiger charge is 2.09. The minimum atomic E-state index is -0.0824. The molecule has 6 heteroatoms. The molecule has 94 valence electrons. The molecule has 2 heterocycles. The van der Waals surface area contributed by atoms with Crippen molar-refractivity contribution in [3.8, 4) is 17.4 Å². The van der Waals surface area contributed by atoms with Crippen LogP contribution >= 0.6 is 0 Å². The van der Waals surface area contributed by atoms with Crippen molar-refractivity contribution in [1.82, 2.24) is 20.2 Å². The fourth-order valence-corrected chi connectivity index (χ4v) is 1.59. The van der Waals surface area contributed by atoms with E-state index in [4.69, 9.17) is 10.5 Å². The molecule has 0 fully saturated rings. The molecule has 0 aliphatic rings. The van der Waals surface area contributed by atoms with E-state index in [-0.39, 0.29) is 6.04 Å². The summed E-state index contributed by atoms with van der Waals surface area (Å²) in [6, 6.07) is 3.41. The number of rotatable bonds is 3. The predicted molar refractivity (Wildman–Crippen MR) is 66.9 cm³/mol. The van der Waals surface area contributed by atoms with Gasteiger partial charge in [-0.3, -0.25) is 0 Å². The van der Waals surface area contributed by atoms with Crippen LogP contribution in [0.15, 0.2) is 18.3 Å². The summed E-state index contributed by atoms with van der Waals surface area (Å²) in [7, 11) is 1.54. The molecule has 0 radical (unpaired) electrons. The summed E-state index contributed by atoms with van der Waals surface area (Å²) in [5.41, 5.74) is 8.21.